The van der Waals surface area contributed by atoms with Crippen LogP contribution in [-0.2, 0) is 11.3 Å². The molecule has 0 aliphatic carbocycles. The molecule has 1 heterocycles. The molecule has 0 saturated heterocycles. The van der Waals surface area contributed by atoms with Crippen molar-refractivity contribution in [3.05, 3.63) is 60.2 Å². The third kappa shape index (κ3) is 4.56. The predicted octanol–water partition coefficient (Wildman–Crippen LogP) is 2.69. The monoisotopic (exact) mass is 288 g/mol. The molecule has 0 bridgehead atoms. The Hall–Kier alpha value is -2.43. The molecule has 4 nitrogen and oxygen atoms in total. The molecule has 5 heteroatoms. The Morgan fingerprint density at radius 2 is 2.10 bits per heavy atom. The number of ether oxygens (including phenoxy) is 1. The molecule has 1 atom stereocenters. The van der Waals surface area contributed by atoms with Crippen LogP contribution in [-0.4, -0.2) is 17.0 Å². The number of halogens is 1. The first-order valence-corrected chi connectivity index (χ1v) is 6.78. The first-order chi connectivity index (χ1) is 10.2. The molecule has 110 valence electrons. The zero-order valence-corrected chi connectivity index (χ0v) is 11.8. The fourth-order valence-electron chi connectivity index (χ4n) is 1.81. The van der Waals surface area contributed by atoms with E-state index in [0.717, 1.165) is 5.56 Å². The molecule has 0 spiro atoms. The highest BCUT2D eigenvalue weighted by Gasteiger charge is 2.17. The van der Waals surface area contributed by atoms with E-state index in [-0.39, 0.29) is 11.7 Å². The maximum atomic E-state index is 12.8. The molecule has 1 unspecified atom stereocenters. The number of carbonyl (C=O) groups excluding carboxylic acids is 1. The van der Waals surface area contributed by atoms with Gasteiger partial charge in [-0.25, -0.2) is 4.39 Å². The second kappa shape index (κ2) is 7.38. The third-order valence-corrected chi connectivity index (χ3v) is 2.94. The summed E-state index contributed by atoms with van der Waals surface area (Å²) in [4.78, 5) is 16.1. The predicted molar refractivity (Wildman–Crippen MR) is 77.2 cm³/mol. The molecule has 2 rings (SSSR count). The highest BCUT2D eigenvalue weighted by molar-refractivity contribution is 5.81. The summed E-state index contributed by atoms with van der Waals surface area (Å²) < 4.78 is 18.4. The van der Waals surface area contributed by atoms with Crippen LogP contribution in [0.4, 0.5) is 4.39 Å². The van der Waals surface area contributed by atoms with Crippen LogP contribution in [0.25, 0.3) is 0 Å². The minimum absolute atomic E-state index is 0.203. The van der Waals surface area contributed by atoms with E-state index < -0.39 is 6.10 Å². The van der Waals surface area contributed by atoms with E-state index in [4.69, 9.17) is 4.74 Å². The van der Waals surface area contributed by atoms with Crippen molar-refractivity contribution < 1.29 is 13.9 Å². The van der Waals surface area contributed by atoms with Gasteiger partial charge in [-0.3, -0.25) is 9.78 Å². The molecule has 0 saturated carbocycles. The minimum Gasteiger partial charge on any atom is -0.481 e. The van der Waals surface area contributed by atoms with E-state index in [0.29, 0.717) is 18.7 Å². The molecule has 0 radical (unpaired) electrons. The fraction of sp³-hybridized carbons (Fsp3) is 0.250. The molecule has 21 heavy (non-hydrogen) atoms. The number of rotatable bonds is 6. The second-order valence-electron chi connectivity index (χ2n) is 4.55. The Morgan fingerprint density at radius 1 is 1.33 bits per heavy atom. The normalized spacial score (nSPS) is 11.7. The minimum atomic E-state index is -0.605. The maximum Gasteiger partial charge on any atom is 0.261 e. The van der Waals surface area contributed by atoms with Crippen molar-refractivity contribution in [2.24, 2.45) is 0 Å². The Kier molecular flexibility index (Phi) is 5.26. The van der Waals surface area contributed by atoms with Crippen LogP contribution in [0.3, 0.4) is 0 Å². The van der Waals surface area contributed by atoms with Crippen molar-refractivity contribution in [3.63, 3.8) is 0 Å². The number of hydrogen-bond donors (Lipinski definition) is 1. The van der Waals surface area contributed by atoms with Crippen molar-refractivity contribution in [2.45, 2.75) is 26.0 Å². The molecule has 0 aliphatic rings. The van der Waals surface area contributed by atoms with Gasteiger partial charge in [0, 0.05) is 18.9 Å². The van der Waals surface area contributed by atoms with Gasteiger partial charge in [-0.1, -0.05) is 13.0 Å². The van der Waals surface area contributed by atoms with Gasteiger partial charge in [0.15, 0.2) is 6.10 Å². The molecule has 2 aromatic rings. The average Bonchev–Trinajstić information content (AvgIpc) is 2.53. The van der Waals surface area contributed by atoms with Gasteiger partial charge >= 0.3 is 0 Å². The highest BCUT2D eigenvalue weighted by Crippen LogP contribution is 2.14. The van der Waals surface area contributed by atoms with Crippen molar-refractivity contribution >= 4 is 5.91 Å². The lowest BCUT2D eigenvalue weighted by molar-refractivity contribution is -0.128. The fourth-order valence-corrected chi connectivity index (χ4v) is 1.81. The van der Waals surface area contributed by atoms with Gasteiger partial charge in [-0.15, -0.1) is 0 Å². The van der Waals surface area contributed by atoms with E-state index in [2.05, 4.69) is 10.3 Å². The number of hydrogen-bond acceptors (Lipinski definition) is 3. The zero-order chi connectivity index (χ0) is 15.1. The van der Waals surface area contributed by atoms with Crippen molar-refractivity contribution in [1.82, 2.24) is 10.3 Å². The number of pyridine rings is 1. The van der Waals surface area contributed by atoms with E-state index >= 15 is 0 Å². The zero-order valence-electron chi connectivity index (χ0n) is 11.8. The lowest BCUT2D eigenvalue weighted by Crippen LogP contribution is -2.37. The smallest absolute Gasteiger partial charge is 0.261 e. The number of nitrogens with zero attached hydrogens (tertiary/aromatic N) is 1. The van der Waals surface area contributed by atoms with Crippen LogP contribution in [0.5, 0.6) is 5.75 Å². The van der Waals surface area contributed by atoms with E-state index in [1.165, 1.54) is 24.3 Å². The van der Waals surface area contributed by atoms with Crippen LogP contribution >= 0.6 is 0 Å². The van der Waals surface area contributed by atoms with Crippen LogP contribution in [0.15, 0.2) is 48.8 Å². The summed E-state index contributed by atoms with van der Waals surface area (Å²) in [5, 5.41) is 2.80. The lowest BCUT2D eigenvalue weighted by atomic mass is 10.2. The Bertz CT molecular complexity index is 573. The molecular weight excluding hydrogens is 271 g/mol. The standard InChI is InChI=1S/C16H17FN2O2/c1-2-15(21-14-7-5-13(17)6-8-14)16(20)19-11-12-4-3-9-18-10-12/h3-10,15H,2,11H2,1H3,(H,19,20). The quantitative estimate of drug-likeness (QED) is 0.889. The van der Waals surface area contributed by atoms with Crippen LogP contribution < -0.4 is 10.1 Å². The largest absolute Gasteiger partial charge is 0.481 e. The lowest BCUT2D eigenvalue weighted by Gasteiger charge is -2.17. The molecule has 1 aromatic carbocycles. The molecular formula is C16H17FN2O2. The van der Waals surface area contributed by atoms with Crippen molar-refractivity contribution in [3.8, 4) is 5.75 Å². The summed E-state index contributed by atoms with van der Waals surface area (Å²) in [5.74, 6) is -0.0677. The number of carbonyl (C=O) groups is 1. The van der Waals surface area contributed by atoms with E-state index in [9.17, 15) is 9.18 Å². The van der Waals surface area contributed by atoms with Gasteiger partial charge in [0.2, 0.25) is 0 Å². The topological polar surface area (TPSA) is 51.2 Å². The SMILES string of the molecule is CCC(Oc1ccc(F)cc1)C(=O)NCc1cccnc1. The van der Waals surface area contributed by atoms with Gasteiger partial charge in [-0.2, -0.15) is 0 Å². The summed E-state index contributed by atoms with van der Waals surface area (Å²) in [7, 11) is 0. The molecule has 0 aliphatic heterocycles. The van der Waals surface area contributed by atoms with Gasteiger partial charge in [-0.05, 0) is 42.3 Å². The Labute approximate surface area is 123 Å². The first kappa shape index (κ1) is 15.0. The van der Waals surface area contributed by atoms with Crippen molar-refractivity contribution in [2.75, 3.05) is 0 Å². The highest BCUT2D eigenvalue weighted by atomic mass is 19.1. The summed E-state index contributed by atoms with van der Waals surface area (Å²) in [5.41, 5.74) is 0.919. The summed E-state index contributed by atoms with van der Waals surface area (Å²) in [6.07, 6.45) is 3.29. The van der Waals surface area contributed by atoms with E-state index in [1.807, 2.05) is 19.1 Å². The van der Waals surface area contributed by atoms with Gasteiger partial charge < -0.3 is 10.1 Å². The number of benzene rings is 1. The van der Waals surface area contributed by atoms with Gasteiger partial charge in [0.1, 0.15) is 11.6 Å². The number of nitrogens with one attached hydrogen (secondary N) is 1. The van der Waals surface area contributed by atoms with E-state index in [1.54, 1.807) is 12.4 Å². The summed E-state index contributed by atoms with van der Waals surface area (Å²) in [6.45, 7) is 2.26. The summed E-state index contributed by atoms with van der Waals surface area (Å²) in [6, 6.07) is 9.31. The van der Waals surface area contributed by atoms with Crippen LogP contribution in [0.1, 0.15) is 18.9 Å². The molecule has 1 amide bonds. The summed E-state index contributed by atoms with van der Waals surface area (Å²) >= 11 is 0. The first-order valence-electron chi connectivity index (χ1n) is 6.78. The van der Waals surface area contributed by atoms with Crippen molar-refractivity contribution in [1.29, 1.82) is 0 Å². The maximum absolute atomic E-state index is 12.8. The van der Waals surface area contributed by atoms with Crippen LogP contribution in [0.2, 0.25) is 0 Å². The molecule has 0 fully saturated rings. The Morgan fingerprint density at radius 3 is 2.71 bits per heavy atom. The van der Waals surface area contributed by atoms with Gasteiger partial charge in [0.25, 0.3) is 5.91 Å². The molecule has 1 N–H and O–H groups in total. The molecule has 1 aromatic heterocycles. The number of amides is 1. The number of aromatic nitrogens is 1. The second-order valence-corrected chi connectivity index (χ2v) is 4.55. The average molecular weight is 288 g/mol. The van der Waals surface area contributed by atoms with Gasteiger partial charge in [0.05, 0.1) is 0 Å². The third-order valence-electron chi connectivity index (χ3n) is 2.94. The van der Waals surface area contributed by atoms with Crippen LogP contribution in [0, 0.1) is 5.82 Å². The Balaban J connectivity index is 1.90.